The minimum Gasteiger partial charge on any atom is -0.384 e. The standard InChI is InChI=1S/C14H22N2O2/c1-11(10-18-3)9-16-13(17)14(2,15)12-7-5-4-6-8-12/h4-8,11H,9-10,15H2,1-3H3,(H,16,17). The van der Waals surface area contributed by atoms with Crippen LogP contribution < -0.4 is 11.1 Å². The molecule has 1 aromatic carbocycles. The Morgan fingerprint density at radius 2 is 2.06 bits per heavy atom. The molecule has 1 aromatic rings. The zero-order valence-electron chi connectivity index (χ0n) is 11.3. The maximum atomic E-state index is 12.1. The highest BCUT2D eigenvalue weighted by Crippen LogP contribution is 2.17. The number of methoxy groups -OCH3 is 1. The van der Waals surface area contributed by atoms with E-state index in [-0.39, 0.29) is 11.8 Å². The van der Waals surface area contributed by atoms with Gasteiger partial charge in [-0.3, -0.25) is 4.79 Å². The highest BCUT2D eigenvalue weighted by molar-refractivity contribution is 5.86. The summed E-state index contributed by atoms with van der Waals surface area (Å²) in [5, 5.41) is 2.86. The summed E-state index contributed by atoms with van der Waals surface area (Å²) in [7, 11) is 1.65. The SMILES string of the molecule is COCC(C)CNC(=O)C(C)(N)c1ccccc1. The fourth-order valence-electron chi connectivity index (χ4n) is 1.71. The number of rotatable bonds is 6. The fourth-order valence-corrected chi connectivity index (χ4v) is 1.71. The predicted octanol–water partition coefficient (Wildman–Crippen LogP) is 1.26. The van der Waals surface area contributed by atoms with Gasteiger partial charge in [-0.05, 0) is 18.4 Å². The molecule has 18 heavy (non-hydrogen) atoms. The number of carbonyl (C=O) groups is 1. The molecule has 0 spiro atoms. The number of nitrogens with two attached hydrogens (primary N) is 1. The van der Waals surface area contributed by atoms with Crippen LogP contribution in [0.3, 0.4) is 0 Å². The van der Waals surface area contributed by atoms with Crippen LogP contribution in [-0.2, 0) is 15.1 Å². The molecule has 0 bridgehead atoms. The molecule has 4 nitrogen and oxygen atoms in total. The lowest BCUT2D eigenvalue weighted by Gasteiger charge is -2.25. The van der Waals surface area contributed by atoms with Gasteiger partial charge in [0.15, 0.2) is 0 Å². The Balaban J connectivity index is 2.60. The molecule has 0 fully saturated rings. The zero-order chi connectivity index (χ0) is 13.6. The number of hydrogen-bond acceptors (Lipinski definition) is 3. The van der Waals surface area contributed by atoms with Gasteiger partial charge in [0.1, 0.15) is 5.54 Å². The third kappa shape index (κ3) is 3.82. The molecule has 0 aliphatic carbocycles. The van der Waals surface area contributed by atoms with Gasteiger partial charge in [-0.15, -0.1) is 0 Å². The van der Waals surface area contributed by atoms with E-state index in [1.807, 2.05) is 37.3 Å². The molecular formula is C14H22N2O2. The molecule has 1 rings (SSSR count). The van der Waals surface area contributed by atoms with E-state index < -0.39 is 5.54 Å². The van der Waals surface area contributed by atoms with Gasteiger partial charge in [-0.1, -0.05) is 37.3 Å². The molecule has 0 aliphatic rings. The van der Waals surface area contributed by atoms with E-state index in [1.165, 1.54) is 0 Å². The van der Waals surface area contributed by atoms with Crippen LogP contribution in [0.1, 0.15) is 19.4 Å². The Labute approximate surface area is 109 Å². The number of carbonyl (C=O) groups excluding carboxylic acids is 1. The van der Waals surface area contributed by atoms with Gasteiger partial charge >= 0.3 is 0 Å². The number of hydrogen-bond donors (Lipinski definition) is 2. The minimum absolute atomic E-state index is 0.170. The van der Waals surface area contributed by atoms with E-state index in [4.69, 9.17) is 10.5 Å². The van der Waals surface area contributed by atoms with Gasteiger partial charge in [0.05, 0.1) is 6.61 Å². The summed E-state index contributed by atoms with van der Waals surface area (Å²) in [6.07, 6.45) is 0. The summed E-state index contributed by atoms with van der Waals surface area (Å²) in [4.78, 5) is 12.1. The van der Waals surface area contributed by atoms with Crippen LogP contribution in [0.2, 0.25) is 0 Å². The lowest BCUT2D eigenvalue weighted by molar-refractivity contribution is -0.126. The van der Waals surface area contributed by atoms with E-state index in [0.717, 1.165) is 5.56 Å². The molecular weight excluding hydrogens is 228 g/mol. The Bertz CT molecular complexity index is 377. The summed E-state index contributed by atoms with van der Waals surface area (Å²) < 4.78 is 5.02. The van der Waals surface area contributed by atoms with Gasteiger partial charge < -0.3 is 15.8 Å². The van der Waals surface area contributed by atoms with Crippen LogP contribution in [0.4, 0.5) is 0 Å². The van der Waals surface area contributed by atoms with Gasteiger partial charge in [-0.25, -0.2) is 0 Å². The smallest absolute Gasteiger partial charge is 0.244 e. The van der Waals surface area contributed by atoms with Crippen LogP contribution in [0.5, 0.6) is 0 Å². The number of ether oxygens (including phenoxy) is 1. The Morgan fingerprint density at radius 3 is 2.61 bits per heavy atom. The summed E-state index contributed by atoms with van der Waals surface area (Å²) in [5.74, 6) is 0.0992. The molecule has 0 radical (unpaired) electrons. The number of amides is 1. The Kier molecular flexibility index (Phi) is 5.31. The maximum Gasteiger partial charge on any atom is 0.244 e. The van der Waals surface area contributed by atoms with Crippen molar-refractivity contribution in [3.63, 3.8) is 0 Å². The predicted molar refractivity (Wildman–Crippen MR) is 72.0 cm³/mol. The van der Waals surface area contributed by atoms with Crippen LogP contribution in [0.25, 0.3) is 0 Å². The van der Waals surface area contributed by atoms with Crippen LogP contribution in [0.15, 0.2) is 30.3 Å². The number of nitrogens with one attached hydrogen (secondary N) is 1. The fraction of sp³-hybridized carbons (Fsp3) is 0.500. The molecule has 1 amide bonds. The quantitative estimate of drug-likeness (QED) is 0.799. The van der Waals surface area contributed by atoms with E-state index in [0.29, 0.717) is 13.2 Å². The van der Waals surface area contributed by atoms with Crippen molar-refractivity contribution in [2.75, 3.05) is 20.3 Å². The van der Waals surface area contributed by atoms with Crippen molar-refractivity contribution in [3.05, 3.63) is 35.9 Å². The molecule has 100 valence electrons. The van der Waals surface area contributed by atoms with E-state index >= 15 is 0 Å². The van der Waals surface area contributed by atoms with Crippen molar-refractivity contribution >= 4 is 5.91 Å². The first-order chi connectivity index (χ1) is 8.48. The Morgan fingerprint density at radius 1 is 1.44 bits per heavy atom. The molecule has 2 unspecified atom stereocenters. The summed E-state index contributed by atoms with van der Waals surface area (Å²) in [5.41, 5.74) is 5.90. The lowest BCUT2D eigenvalue weighted by atomic mass is 9.92. The second-order valence-electron chi connectivity index (χ2n) is 4.84. The third-order valence-corrected chi connectivity index (χ3v) is 2.91. The second-order valence-corrected chi connectivity index (χ2v) is 4.84. The monoisotopic (exact) mass is 250 g/mol. The molecule has 2 atom stereocenters. The summed E-state index contributed by atoms with van der Waals surface area (Å²) in [6, 6.07) is 9.37. The second kappa shape index (κ2) is 6.52. The lowest BCUT2D eigenvalue weighted by Crippen LogP contribution is -2.50. The largest absolute Gasteiger partial charge is 0.384 e. The highest BCUT2D eigenvalue weighted by Gasteiger charge is 2.30. The van der Waals surface area contributed by atoms with Crippen molar-refractivity contribution in [1.29, 1.82) is 0 Å². The molecule has 4 heteroatoms. The zero-order valence-corrected chi connectivity index (χ0v) is 11.3. The topological polar surface area (TPSA) is 64.3 Å². The van der Waals surface area contributed by atoms with Crippen molar-refractivity contribution in [3.8, 4) is 0 Å². The molecule has 0 aromatic heterocycles. The maximum absolute atomic E-state index is 12.1. The van der Waals surface area contributed by atoms with Crippen molar-refractivity contribution in [1.82, 2.24) is 5.32 Å². The van der Waals surface area contributed by atoms with Crippen molar-refractivity contribution in [2.24, 2.45) is 11.7 Å². The molecule has 0 aliphatic heterocycles. The molecule has 0 heterocycles. The Hall–Kier alpha value is -1.39. The average Bonchev–Trinajstić information content (AvgIpc) is 2.37. The highest BCUT2D eigenvalue weighted by atomic mass is 16.5. The van der Waals surface area contributed by atoms with Crippen LogP contribution >= 0.6 is 0 Å². The van der Waals surface area contributed by atoms with E-state index in [1.54, 1.807) is 14.0 Å². The van der Waals surface area contributed by atoms with Crippen LogP contribution in [-0.4, -0.2) is 26.2 Å². The average molecular weight is 250 g/mol. The summed E-state index contributed by atoms with van der Waals surface area (Å²) >= 11 is 0. The number of benzene rings is 1. The first-order valence-corrected chi connectivity index (χ1v) is 6.10. The van der Waals surface area contributed by atoms with Gasteiger partial charge in [0, 0.05) is 13.7 Å². The molecule has 0 saturated carbocycles. The minimum atomic E-state index is -1.01. The van der Waals surface area contributed by atoms with Gasteiger partial charge in [0.25, 0.3) is 0 Å². The summed E-state index contributed by atoms with van der Waals surface area (Å²) in [6.45, 7) is 4.91. The van der Waals surface area contributed by atoms with Gasteiger partial charge in [-0.2, -0.15) is 0 Å². The van der Waals surface area contributed by atoms with Crippen LogP contribution in [0, 0.1) is 5.92 Å². The third-order valence-electron chi connectivity index (χ3n) is 2.91. The normalized spacial score (nSPS) is 15.8. The first kappa shape index (κ1) is 14.7. The molecule has 3 N–H and O–H groups in total. The first-order valence-electron chi connectivity index (χ1n) is 6.10. The van der Waals surface area contributed by atoms with Gasteiger partial charge in [0.2, 0.25) is 5.91 Å². The molecule has 0 saturated heterocycles. The van der Waals surface area contributed by atoms with Crippen molar-refractivity contribution in [2.45, 2.75) is 19.4 Å². The van der Waals surface area contributed by atoms with E-state index in [9.17, 15) is 4.79 Å². The van der Waals surface area contributed by atoms with E-state index in [2.05, 4.69) is 5.32 Å². The van der Waals surface area contributed by atoms with Crippen molar-refractivity contribution < 1.29 is 9.53 Å².